The summed E-state index contributed by atoms with van der Waals surface area (Å²) < 4.78 is 69.3. The van der Waals surface area contributed by atoms with Crippen LogP contribution in [0.1, 0.15) is 163 Å². The number of hydrogen-bond donors (Lipinski definition) is 1. The number of ether oxygens (including phenoxy) is 1. The first-order valence-corrected chi connectivity index (χ1v) is 31.8. The second-order valence-corrected chi connectivity index (χ2v) is 30.0. The highest BCUT2D eigenvalue weighted by Crippen LogP contribution is 2.75. The first-order chi connectivity index (χ1) is 34.9. The van der Waals surface area contributed by atoms with E-state index in [1.807, 2.05) is 32.1 Å². The predicted octanol–water partition coefficient (Wildman–Crippen LogP) is 12.4. The molecule has 2 aromatic carbocycles. The molecule has 0 amide bonds. The summed E-state index contributed by atoms with van der Waals surface area (Å²) in [6.07, 6.45) is 16.5. The van der Waals surface area contributed by atoms with E-state index >= 15 is 0 Å². The van der Waals surface area contributed by atoms with Gasteiger partial charge in [-0.25, -0.2) is 0 Å². The lowest BCUT2D eigenvalue weighted by atomic mass is 9.41. The van der Waals surface area contributed by atoms with Crippen molar-refractivity contribution in [3.05, 3.63) is 71.3 Å². The third-order valence-electron chi connectivity index (χ3n) is 23.4. The Labute approximate surface area is 444 Å². The van der Waals surface area contributed by atoms with E-state index in [2.05, 4.69) is 55.4 Å². The fourth-order valence-corrected chi connectivity index (χ4v) is 21.4. The number of hydrogen-bond acceptors (Lipinski definition) is 10. The largest absolute Gasteiger partial charge is 0.393 e. The second-order valence-electron chi connectivity index (χ2n) is 26.7. The third-order valence-corrected chi connectivity index (χ3v) is 26.0. The van der Waals surface area contributed by atoms with Crippen LogP contribution in [0.5, 0.6) is 0 Å². The molecule has 2 aromatic rings. The van der Waals surface area contributed by atoms with Gasteiger partial charge in [0, 0.05) is 19.3 Å². The number of rotatable bonds is 12. The monoisotopic (exact) mass is 1060 g/mol. The summed E-state index contributed by atoms with van der Waals surface area (Å²) in [7, 11) is -7.55. The molecule has 10 nitrogen and oxygen atoms in total. The minimum atomic E-state index is -3.78. The maximum atomic E-state index is 12.9. The van der Waals surface area contributed by atoms with Crippen LogP contribution in [0.2, 0.25) is 0 Å². The summed E-state index contributed by atoms with van der Waals surface area (Å²) in [5, 5.41) is 11.8. The number of Topliss-reactive ketones (excluding diaryl/α,β-unsaturated/α-hetero) is 1. The Hall–Kier alpha value is -2.74. The van der Waals surface area contributed by atoms with E-state index in [1.54, 1.807) is 36.4 Å². The molecule has 408 valence electrons. The van der Waals surface area contributed by atoms with Crippen LogP contribution in [0, 0.1) is 107 Å². The van der Waals surface area contributed by atoms with E-state index in [0.717, 1.165) is 81.8 Å². The van der Waals surface area contributed by atoms with Gasteiger partial charge >= 0.3 is 0 Å². The Morgan fingerprint density at radius 2 is 1.14 bits per heavy atom. The molecule has 1 saturated heterocycles. The minimum Gasteiger partial charge on any atom is -0.393 e. The van der Waals surface area contributed by atoms with E-state index in [0.29, 0.717) is 72.4 Å². The molecule has 1 N–H and O–H groups in total. The van der Waals surface area contributed by atoms with Crippen molar-refractivity contribution >= 4 is 31.8 Å². The molecule has 0 aromatic heterocycles. The highest BCUT2D eigenvalue weighted by atomic mass is 32.2. The summed E-state index contributed by atoms with van der Waals surface area (Å²) in [6, 6.07) is 13.7. The summed E-state index contributed by atoms with van der Waals surface area (Å²) in [4.78, 5) is 25.3. The number of aryl methyl sites for hydroxylation is 2. The number of fused-ring (bicyclic) bond motifs is 13. The van der Waals surface area contributed by atoms with E-state index in [4.69, 9.17) is 13.1 Å². The minimum absolute atomic E-state index is 0.0534. The van der Waals surface area contributed by atoms with E-state index in [1.165, 1.54) is 12.0 Å². The van der Waals surface area contributed by atoms with Gasteiger partial charge in [0.1, 0.15) is 11.4 Å². The molecule has 0 radical (unpaired) electrons. The molecular formula is C62H88O10S2. The number of aliphatic hydroxyl groups is 1. The fraction of sp³-hybridized carbons (Fsp3) is 0.742. The number of carbonyl (C=O) groups excluding carboxylic acids is 2. The molecule has 8 aliphatic carbocycles. The van der Waals surface area contributed by atoms with Gasteiger partial charge in [0.05, 0.1) is 35.2 Å². The number of carbonyl (C=O) groups is 2. The van der Waals surface area contributed by atoms with Gasteiger partial charge in [-0.05, 0) is 213 Å². The summed E-state index contributed by atoms with van der Waals surface area (Å²) in [5.74, 6) is 5.04. The van der Waals surface area contributed by atoms with Gasteiger partial charge in [0.15, 0.2) is 5.78 Å². The highest BCUT2D eigenvalue weighted by molar-refractivity contribution is 7.87. The maximum absolute atomic E-state index is 12.9. The van der Waals surface area contributed by atoms with Crippen molar-refractivity contribution in [1.82, 2.24) is 0 Å². The van der Waals surface area contributed by atoms with Gasteiger partial charge in [-0.3, -0.25) is 18.0 Å². The summed E-state index contributed by atoms with van der Waals surface area (Å²) >= 11 is 0. The maximum Gasteiger partial charge on any atom is 0.296 e. The van der Waals surface area contributed by atoms with Crippen molar-refractivity contribution in [2.45, 2.75) is 193 Å². The first-order valence-electron chi connectivity index (χ1n) is 28.9. The Morgan fingerprint density at radius 1 is 0.635 bits per heavy atom. The molecule has 74 heavy (non-hydrogen) atoms. The lowest BCUT2D eigenvalue weighted by Crippen LogP contribution is -2.62. The lowest BCUT2D eigenvalue weighted by molar-refractivity contribution is -0.194. The molecule has 1 heterocycles. The van der Waals surface area contributed by atoms with Crippen LogP contribution in [0.4, 0.5) is 0 Å². The topological polar surface area (TPSA) is 154 Å². The Balaban J connectivity index is 0.000000169. The van der Waals surface area contributed by atoms with Crippen molar-refractivity contribution < 1.29 is 44.6 Å². The smallest absolute Gasteiger partial charge is 0.296 e. The molecule has 9 aliphatic rings. The Bertz CT molecular complexity index is 2720. The molecule has 0 spiro atoms. The Morgan fingerprint density at radius 3 is 1.65 bits per heavy atom. The molecule has 12 heteroatoms. The zero-order chi connectivity index (χ0) is 53.1. The fourth-order valence-electron chi connectivity index (χ4n) is 19.4. The molecule has 7 saturated carbocycles. The molecule has 1 aliphatic heterocycles. The van der Waals surface area contributed by atoms with E-state index in [9.17, 15) is 31.5 Å². The standard InChI is InChI=1S/C31H42O5S.C31H46O5S/c1-6-31-26-17-21(32)13-15-30(26,5)25-14-16-29(4)23(11-12-24(29)27(25)28(31)36-31)20(3)18-35-37(33,34)22-9-7-19(2)8-10-22;1-6-23-27-17-21(32)13-15-31(27,5)26-14-16-30(4)24(11-12-25(30)28(26)29(23)33)20(3)18-36-37(34,35)22-9-7-19(2)8-10-22/h7-10,17,20,23-25,27-28H,6,11-16,18H2,1-5H3;7-10,20,23-29,33H,6,11-18H2,1-5H3/t20-,23-,24+,25+,27+,28+,29-,30-,31-;20-,23+,24-,25+,26+,27+,28+,29-,30-,31-/m11/s1. The van der Waals surface area contributed by atoms with Crippen molar-refractivity contribution in [2.24, 2.45) is 92.7 Å². The van der Waals surface area contributed by atoms with Crippen molar-refractivity contribution in [3.63, 3.8) is 0 Å². The molecule has 19 atom stereocenters. The Kier molecular flexibility index (Phi) is 14.4. The summed E-state index contributed by atoms with van der Waals surface area (Å²) in [5.41, 5.74) is 3.52. The SMILES string of the molecule is CC[C@@H]1[C@@H](O)[C@@H]2[C@H](CC[C@]3(C)[C@@H]([C@H](C)COS(=O)(=O)c4ccc(C)cc4)CC[C@@H]23)[C@@]2(C)CCC(=O)C[C@@H]12.CC[C@]12O[C@H]1[C@H]1[C@@H]3CC[C@H]([C@H](C)COS(=O)(=O)c4ccc(C)cc4)[C@@]3(C)CC[C@@H]1[C@@]1(C)CCC(=O)C=C12. The normalized spacial score (nSPS) is 42.9. The van der Waals surface area contributed by atoms with E-state index < -0.39 is 20.2 Å². The van der Waals surface area contributed by atoms with Crippen LogP contribution in [-0.4, -0.2) is 64.5 Å². The third kappa shape index (κ3) is 8.82. The van der Waals surface area contributed by atoms with Gasteiger partial charge in [-0.2, -0.15) is 16.8 Å². The second kappa shape index (κ2) is 19.6. The molecule has 0 unspecified atom stereocenters. The predicted molar refractivity (Wildman–Crippen MR) is 287 cm³/mol. The molecule has 11 rings (SSSR count). The number of ketones is 2. The van der Waals surface area contributed by atoms with Gasteiger partial charge < -0.3 is 9.84 Å². The number of benzene rings is 2. The van der Waals surface area contributed by atoms with Crippen LogP contribution in [0.3, 0.4) is 0 Å². The van der Waals surface area contributed by atoms with Crippen LogP contribution < -0.4 is 0 Å². The van der Waals surface area contributed by atoms with Crippen LogP contribution in [-0.2, 0) is 42.9 Å². The van der Waals surface area contributed by atoms with Crippen molar-refractivity contribution in [2.75, 3.05) is 13.2 Å². The quantitative estimate of drug-likeness (QED) is 0.160. The first kappa shape index (κ1) is 54.6. The summed E-state index contributed by atoms with van der Waals surface area (Å²) in [6.45, 7) is 22.7. The van der Waals surface area contributed by atoms with Gasteiger partial charge in [0.2, 0.25) is 0 Å². The van der Waals surface area contributed by atoms with Gasteiger partial charge in [0.25, 0.3) is 20.2 Å². The highest BCUT2D eigenvalue weighted by Gasteiger charge is 2.75. The number of aliphatic hydroxyl groups excluding tert-OH is 1. The van der Waals surface area contributed by atoms with Crippen LogP contribution in [0.15, 0.2) is 70.0 Å². The van der Waals surface area contributed by atoms with Crippen molar-refractivity contribution in [1.29, 1.82) is 0 Å². The molecule has 0 bridgehead atoms. The molecule has 8 fully saturated rings. The zero-order valence-corrected chi connectivity index (χ0v) is 47.9. The van der Waals surface area contributed by atoms with Gasteiger partial charge in [-0.15, -0.1) is 0 Å². The zero-order valence-electron chi connectivity index (χ0n) is 46.2. The van der Waals surface area contributed by atoms with Crippen LogP contribution in [0.25, 0.3) is 0 Å². The van der Waals surface area contributed by atoms with Crippen LogP contribution >= 0.6 is 0 Å². The average molecular weight is 1060 g/mol. The lowest BCUT2D eigenvalue weighted by Gasteiger charge is -2.64. The average Bonchev–Trinajstić information content (AvgIpc) is 3.86. The molecular weight excluding hydrogens is 969 g/mol. The van der Waals surface area contributed by atoms with Crippen molar-refractivity contribution in [3.8, 4) is 0 Å². The number of epoxide rings is 1. The van der Waals surface area contributed by atoms with Gasteiger partial charge in [-0.1, -0.05) is 97.2 Å². The van der Waals surface area contributed by atoms with E-state index in [-0.39, 0.29) is 91.9 Å².